The number of nitrogens with zero attached hydrogens (tertiary/aromatic N) is 2. The molecule has 0 aliphatic carbocycles. The molecule has 2 heterocycles. The molecule has 0 fully saturated rings. The summed E-state index contributed by atoms with van der Waals surface area (Å²) in [5, 5.41) is 13.0. The molecule has 0 aliphatic rings. The van der Waals surface area contributed by atoms with Gasteiger partial charge < -0.3 is 9.73 Å². The van der Waals surface area contributed by atoms with E-state index in [1.54, 1.807) is 17.6 Å². The summed E-state index contributed by atoms with van der Waals surface area (Å²) in [6.07, 6.45) is 1.66. The third kappa shape index (κ3) is 2.02. The highest BCUT2D eigenvalue weighted by Gasteiger charge is 2.08. The molecule has 0 radical (unpaired) electrons. The number of rotatable bonds is 3. The minimum Gasteiger partial charge on any atom is -0.457 e. The first kappa shape index (κ1) is 9.82. The van der Waals surface area contributed by atoms with E-state index in [9.17, 15) is 0 Å². The third-order valence-corrected chi connectivity index (χ3v) is 3.00. The van der Waals surface area contributed by atoms with Gasteiger partial charge in [0.25, 0.3) is 0 Å². The summed E-state index contributed by atoms with van der Waals surface area (Å²) in [6, 6.07) is 1.88. The van der Waals surface area contributed by atoms with Crippen molar-refractivity contribution in [3.8, 4) is 10.6 Å². The van der Waals surface area contributed by atoms with Crippen molar-refractivity contribution in [3.63, 3.8) is 0 Å². The topological polar surface area (TPSA) is 51.0 Å². The van der Waals surface area contributed by atoms with E-state index in [-0.39, 0.29) is 0 Å². The molecule has 0 bridgehead atoms. The van der Waals surface area contributed by atoms with Gasteiger partial charge in [-0.1, -0.05) is 11.3 Å². The van der Waals surface area contributed by atoms with E-state index in [4.69, 9.17) is 4.42 Å². The van der Waals surface area contributed by atoms with Crippen LogP contribution in [0.15, 0.2) is 21.4 Å². The SMILES string of the molecule is CNCc1nnc(-c2coc(Br)c2)s1. The summed E-state index contributed by atoms with van der Waals surface area (Å²) < 4.78 is 5.83. The van der Waals surface area contributed by atoms with Crippen LogP contribution in [0.5, 0.6) is 0 Å². The number of aromatic nitrogens is 2. The molecule has 74 valence electrons. The first-order chi connectivity index (χ1) is 6.79. The second-order valence-electron chi connectivity index (χ2n) is 2.67. The minimum atomic E-state index is 0.706. The van der Waals surface area contributed by atoms with Crippen LogP contribution in [0.4, 0.5) is 0 Å². The number of hydrogen-bond acceptors (Lipinski definition) is 5. The zero-order valence-corrected chi connectivity index (χ0v) is 9.85. The molecule has 0 spiro atoms. The average Bonchev–Trinajstić information content (AvgIpc) is 2.74. The van der Waals surface area contributed by atoms with Gasteiger partial charge in [0.2, 0.25) is 0 Å². The Morgan fingerprint density at radius 2 is 2.43 bits per heavy atom. The van der Waals surface area contributed by atoms with Crippen molar-refractivity contribution in [3.05, 3.63) is 22.0 Å². The Hall–Kier alpha value is -0.720. The lowest BCUT2D eigenvalue weighted by atomic mass is 10.4. The van der Waals surface area contributed by atoms with E-state index < -0.39 is 0 Å². The van der Waals surface area contributed by atoms with Crippen LogP contribution in [0, 0.1) is 0 Å². The molecule has 14 heavy (non-hydrogen) atoms. The molecule has 2 aromatic rings. The van der Waals surface area contributed by atoms with E-state index >= 15 is 0 Å². The van der Waals surface area contributed by atoms with Crippen molar-refractivity contribution in [2.45, 2.75) is 6.54 Å². The van der Waals surface area contributed by atoms with Gasteiger partial charge in [-0.3, -0.25) is 0 Å². The molecule has 0 saturated carbocycles. The van der Waals surface area contributed by atoms with Gasteiger partial charge in [-0.15, -0.1) is 10.2 Å². The molecule has 0 aliphatic heterocycles. The van der Waals surface area contributed by atoms with Crippen LogP contribution >= 0.6 is 27.3 Å². The predicted molar refractivity (Wildman–Crippen MR) is 58.1 cm³/mol. The molecule has 2 rings (SSSR count). The van der Waals surface area contributed by atoms with Gasteiger partial charge in [-0.05, 0) is 23.0 Å². The highest BCUT2D eigenvalue weighted by atomic mass is 79.9. The molecule has 1 N–H and O–H groups in total. The van der Waals surface area contributed by atoms with Crippen LogP contribution in [0.1, 0.15) is 5.01 Å². The van der Waals surface area contributed by atoms with Gasteiger partial charge in [0.15, 0.2) is 9.68 Å². The summed E-state index contributed by atoms with van der Waals surface area (Å²) >= 11 is 4.80. The summed E-state index contributed by atoms with van der Waals surface area (Å²) in [7, 11) is 1.88. The smallest absolute Gasteiger partial charge is 0.169 e. The Labute approximate surface area is 93.5 Å². The van der Waals surface area contributed by atoms with Gasteiger partial charge in [0, 0.05) is 12.6 Å². The summed E-state index contributed by atoms with van der Waals surface area (Å²) in [4.78, 5) is 0. The lowest BCUT2D eigenvalue weighted by Gasteiger charge is -1.87. The zero-order chi connectivity index (χ0) is 9.97. The largest absolute Gasteiger partial charge is 0.457 e. The van der Waals surface area contributed by atoms with E-state index in [0.717, 1.165) is 22.1 Å². The number of nitrogens with one attached hydrogen (secondary N) is 1. The molecule has 2 aromatic heterocycles. The first-order valence-corrected chi connectivity index (χ1v) is 5.62. The van der Waals surface area contributed by atoms with Gasteiger partial charge in [0.1, 0.15) is 11.3 Å². The Balaban J connectivity index is 2.24. The molecule has 6 heteroatoms. The fourth-order valence-corrected chi connectivity index (χ4v) is 2.18. The van der Waals surface area contributed by atoms with Gasteiger partial charge in [-0.2, -0.15) is 0 Å². The van der Waals surface area contributed by atoms with Gasteiger partial charge in [0.05, 0.1) is 5.56 Å². The molecule has 0 unspecified atom stereocenters. The summed E-state index contributed by atoms with van der Waals surface area (Å²) in [5.41, 5.74) is 0.955. The minimum absolute atomic E-state index is 0.706. The molecular weight excluding hydrogens is 266 g/mol. The van der Waals surface area contributed by atoms with Crippen LogP contribution in [0.2, 0.25) is 0 Å². The second-order valence-corrected chi connectivity index (χ2v) is 4.51. The van der Waals surface area contributed by atoms with Gasteiger partial charge in [-0.25, -0.2) is 0 Å². The lowest BCUT2D eigenvalue weighted by molar-refractivity contribution is 0.542. The van der Waals surface area contributed by atoms with Crippen molar-refractivity contribution in [1.29, 1.82) is 0 Å². The highest BCUT2D eigenvalue weighted by molar-refractivity contribution is 9.10. The second kappa shape index (κ2) is 4.20. The fourth-order valence-electron chi connectivity index (χ4n) is 1.02. The normalized spacial score (nSPS) is 10.7. The standard InChI is InChI=1S/C8H8BrN3OS/c1-10-3-7-11-12-8(14-7)5-2-6(9)13-4-5/h2,4,10H,3H2,1H3. The maximum absolute atomic E-state index is 5.13. The van der Waals surface area contributed by atoms with Crippen molar-refractivity contribution >= 4 is 27.3 Å². The van der Waals surface area contributed by atoms with E-state index in [1.165, 1.54) is 0 Å². The molecule has 4 nitrogen and oxygen atoms in total. The Morgan fingerprint density at radius 3 is 3.07 bits per heavy atom. The third-order valence-electron chi connectivity index (χ3n) is 1.61. The van der Waals surface area contributed by atoms with Crippen molar-refractivity contribution in [2.24, 2.45) is 0 Å². The van der Waals surface area contributed by atoms with Crippen molar-refractivity contribution in [2.75, 3.05) is 7.05 Å². The molecule has 0 amide bonds. The first-order valence-electron chi connectivity index (χ1n) is 4.01. The van der Waals surface area contributed by atoms with Crippen molar-refractivity contribution < 1.29 is 4.42 Å². The highest BCUT2D eigenvalue weighted by Crippen LogP contribution is 2.27. The van der Waals surface area contributed by atoms with Crippen LogP contribution < -0.4 is 5.32 Å². The van der Waals surface area contributed by atoms with Gasteiger partial charge >= 0.3 is 0 Å². The molecular formula is C8H8BrN3OS. The lowest BCUT2D eigenvalue weighted by Crippen LogP contribution is -2.04. The Bertz CT molecular complexity index is 426. The van der Waals surface area contributed by atoms with Crippen molar-refractivity contribution in [1.82, 2.24) is 15.5 Å². The molecule has 0 saturated heterocycles. The Kier molecular flexibility index (Phi) is 2.95. The molecule has 0 aromatic carbocycles. The van der Waals surface area contributed by atoms with Crippen LogP contribution in [-0.4, -0.2) is 17.2 Å². The zero-order valence-electron chi connectivity index (χ0n) is 7.45. The number of furan rings is 1. The number of hydrogen-bond donors (Lipinski definition) is 1. The Morgan fingerprint density at radius 1 is 1.57 bits per heavy atom. The maximum Gasteiger partial charge on any atom is 0.169 e. The summed E-state index contributed by atoms with van der Waals surface area (Å²) in [6.45, 7) is 0.747. The van der Waals surface area contributed by atoms with Crippen LogP contribution in [0.25, 0.3) is 10.6 Å². The predicted octanol–water partition coefficient (Wildman–Crippen LogP) is 2.28. The van der Waals surface area contributed by atoms with E-state index in [2.05, 4.69) is 31.4 Å². The fraction of sp³-hybridized carbons (Fsp3) is 0.250. The molecule has 0 atom stereocenters. The maximum atomic E-state index is 5.13. The van der Waals surface area contributed by atoms with Crippen LogP contribution in [-0.2, 0) is 6.54 Å². The van der Waals surface area contributed by atoms with E-state index in [0.29, 0.717) is 4.67 Å². The summed E-state index contributed by atoms with van der Waals surface area (Å²) in [5.74, 6) is 0. The van der Waals surface area contributed by atoms with Crippen LogP contribution in [0.3, 0.4) is 0 Å². The monoisotopic (exact) mass is 273 g/mol. The number of halogens is 1. The average molecular weight is 274 g/mol. The van der Waals surface area contributed by atoms with E-state index in [1.807, 2.05) is 13.1 Å². The quantitative estimate of drug-likeness (QED) is 0.932.